The van der Waals surface area contributed by atoms with Gasteiger partial charge in [-0.1, -0.05) is 47.5 Å². The fourth-order valence-corrected chi connectivity index (χ4v) is 4.55. The van der Waals surface area contributed by atoms with Crippen LogP contribution in [-0.4, -0.2) is 25.7 Å². The van der Waals surface area contributed by atoms with E-state index in [-0.39, 0.29) is 0 Å². The van der Waals surface area contributed by atoms with Gasteiger partial charge in [-0.05, 0) is 43.5 Å². The van der Waals surface area contributed by atoms with E-state index in [1.54, 1.807) is 18.2 Å². The minimum atomic E-state index is -0.795. The third-order valence-corrected chi connectivity index (χ3v) is 5.93. The van der Waals surface area contributed by atoms with Crippen molar-refractivity contribution in [2.75, 3.05) is 19.6 Å². The van der Waals surface area contributed by atoms with Crippen LogP contribution in [0.5, 0.6) is 0 Å². The number of likely N-dealkylation sites (tertiary alicyclic amines) is 1. The van der Waals surface area contributed by atoms with Gasteiger partial charge in [0.15, 0.2) is 0 Å². The molecule has 0 saturated carbocycles. The van der Waals surface area contributed by atoms with Crippen molar-refractivity contribution >= 4 is 35.0 Å². The molecule has 2 N–H and O–H groups in total. The van der Waals surface area contributed by atoms with Gasteiger partial charge < -0.3 is 10.5 Å². The standard InChI is InChI=1S/C21H24Cl2N2O2/c22-16-9-10-18(19(23)15-16)20(27-21(24)26)11-14-25(12-5-2-6-13-25)17-7-3-1-4-8-17/h1,3-4,7-10,15,20H,2,5-6,11-14H2,(H-,24,26)/p+1. The van der Waals surface area contributed by atoms with Crippen LogP contribution in [0.2, 0.25) is 10.0 Å². The number of hydrogen-bond acceptors (Lipinski definition) is 2. The maximum absolute atomic E-state index is 11.5. The van der Waals surface area contributed by atoms with Crippen molar-refractivity contribution in [1.82, 2.24) is 4.48 Å². The van der Waals surface area contributed by atoms with Gasteiger partial charge in [0.25, 0.3) is 0 Å². The van der Waals surface area contributed by atoms with Gasteiger partial charge in [0.1, 0.15) is 11.8 Å². The number of halogens is 2. The van der Waals surface area contributed by atoms with Crippen molar-refractivity contribution < 1.29 is 9.53 Å². The van der Waals surface area contributed by atoms with Crippen molar-refractivity contribution in [3.63, 3.8) is 0 Å². The summed E-state index contributed by atoms with van der Waals surface area (Å²) in [5.74, 6) is 0. The normalized spacial score (nSPS) is 17.3. The highest BCUT2D eigenvalue weighted by atomic mass is 35.5. The number of hydrogen-bond donors (Lipinski definition) is 1. The summed E-state index contributed by atoms with van der Waals surface area (Å²) in [5, 5.41) is 1.03. The van der Waals surface area contributed by atoms with E-state index in [0.717, 1.165) is 29.7 Å². The Balaban J connectivity index is 1.85. The molecule has 1 atom stereocenters. The van der Waals surface area contributed by atoms with Crippen LogP contribution in [0.4, 0.5) is 10.5 Å². The molecule has 0 aliphatic carbocycles. The molecule has 0 aromatic heterocycles. The topological polar surface area (TPSA) is 52.3 Å². The third-order valence-electron chi connectivity index (χ3n) is 5.36. The first kappa shape index (κ1) is 20.0. The molecule has 1 saturated heterocycles. The zero-order valence-corrected chi connectivity index (χ0v) is 16.8. The highest BCUT2D eigenvalue weighted by molar-refractivity contribution is 6.35. The number of benzene rings is 2. The van der Waals surface area contributed by atoms with Crippen molar-refractivity contribution in [1.29, 1.82) is 0 Å². The molecule has 1 aliphatic rings. The molecule has 1 heterocycles. The summed E-state index contributed by atoms with van der Waals surface area (Å²) in [6, 6.07) is 15.8. The Morgan fingerprint density at radius 3 is 2.41 bits per heavy atom. The number of nitrogens with two attached hydrogens (primary N) is 1. The summed E-state index contributed by atoms with van der Waals surface area (Å²) in [7, 11) is 0. The van der Waals surface area contributed by atoms with Crippen LogP contribution in [0, 0.1) is 0 Å². The van der Waals surface area contributed by atoms with Gasteiger partial charge in [0, 0.05) is 22.0 Å². The molecular formula is C21H25Cl2N2O2+. The zero-order valence-electron chi connectivity index (χ0n) is 15.2. The van der Waals surface area contributed by atoms with Gasteiger partial charge in [-0.15, -0.1) is 0 Å². The maximum atomic E-state index is 11.5. The second kappa shape index (κ2) is 8.96. The summed E-state index contributed by atoms with van der Waals surface area (Å²) in [6.07, 6.45) is 3.00. The molecule has 144 valence electrons. The molecule has 1 unspecified atom stereocenters. The molecule has 2 aromatic rings. The summed E-state index contributed by atoms with van der Waals surface area (Å²) < 4.78 is 6.32. The number of rotatable bonds is 6. The molecule has 4 nitrogen and oxygen atoms in total. The van der Waals surface area contributed by atoms with E-state index in [0.29, 0.717) is 16.5 Å². The predicted molar refractivity (Wildman–Crippen MR) is 111 cm³/mol. The van der Waals surface area contributed by atoms with Crippen molar-refractivity contribution in [2.24, 2.45) is 5.73 Å². The average molecular weight is 408 g/mol. The van der Waals surface area contributed by atoms with Crippen LogP contribution in [0.25, 0.3) is 0 Å². The molecule has 0 spiro atoms. The van der Waals surface area contributed by atoms with E-state index in [4.69, 9.17) is 33.7 Å². The monoisotopic (exact) mass is 407 g/mol. The minimum Gasteiger partial charge on any atom is -0.441 e. The number of amides is 1. The number of carbonyl (C=O) groups excluding carboxylic acids is 1. The number of para-hydroxylation sites is 1. The van der Waals surface area contributed by atoms with Crippen molar-refractivity contribution in [2.45, 2.75) is 31.8 Å². The van der Waals surface area contributed by atoms with Gasteiger partial charge in [-0.2, -0.15) is 0 Å². The Hall–Kier alpha value is -1.75. The first-order valence-corrected chi connectivity index (χ1v) is 10.1. The van der Waals surface area contributed by atoms with Crippen LogP contribution < -0.4 is 10.2 Å². The van der Waals surface area contributed by atoms with E-state index < -0.39 is 12.2 Å². The van der Waals surface area contributed by atoms with Crippen molar-refractivity contribution in [3.8, 4) is 0 Å². The molecule has 1 amide bonds. The summed E-state index contributed by atoms with van der Waals surface area (Å²) >= 11 is 12.4. The molecule has 1 aliphatic heterocycles. The molecule has 27 heavy (non-hydrogen) atoms. The first-order chi connectivity index (χ1) is 13.0. The Morgan fingerprint density at radius 1 is 1.07 bits per heavy atom. The second-order valence-electron chi connectivity index (χ2n) is 7.09. The number of piperidine rings is 1. The van der Waals surface area contributed by atoms with Gasteiger partial charge in [-0.25, -0.2) is 4.79 Å². The van der Waals surface area contributed by atoms with E-state index in [1.807, 2.05) is 6.07 Å². The van der Waals surface area contributed by atoms with Crippen molar-refractivity contribution in [3.05, 3.63) is 64.1 Å². The molecule has 0 bridgehead atoms. The Kier molecular flexibility index (Phi) is 6.64. The van der Waals surface area contributed by atoms with Gasteiger partial charge >= 0.3 is 6.09 Å². The first-order valence-electron chi connectivity index (χ1n) is 9.33. The molecular weight excluding hydrogens is 383 g/mol. The maximum Gasteiger partial charge on any atom is 0.405 e. The Morgan fingerprint density at radius 2 is 1.78 bits per heavy atom. The second-order valence-corrected chi connectivity index (χ2v) is 7.94. The lowest BCUT2D eigenvalue weighted by atomic mass is 10.0. The number of primary amides is 1. The summed E-state index contributed by atoms with van der Waals surface area (Å²) in [6.45, 7) is 3.02. The van der Waals surface area contributed by atoms with E-state index >= 15 is 0 Å². The quantitative estimate of drug-likeness (QED) is 0.623. The number of ether oxygens (including phenoxy) is 1. The fourth-order valence-electron chi connectivity index (χ4n) is 4.02. The fraction of sp³-hybridized carbons (Fsp3) is 0.381. The average Bonchev–Trinajstić information content (AvgIpc) is 2.67. The highest BCUT2D eigenvalue weighted by Gasteiger charge is 2.34. The van der Waals surface area contributed by atoms with E-state index in [1.165, 1.54) is 24.9 Å². The minimum absolute atomic E-state index is 0.485. The van der Waals surface area contributed by atoms with Crippen LogP contribution in [0.3, 0.4) is 0 Å². The third kappa shape index (κ3) is 4.95. The smallest absolute Gasteiger partial charge is 0.405 e. The number of nitrogens with zero attached hydrogens (tertiary/aromatic N) is 1. The molecule has 0 radical (unpaired) electrons. The number of carbonyl (C=O) groups is 1. The summed E-state index contributed by atoms with van der Waals surface area (Å²) in [4.78, 5) is 11.5. The molecule has 3 rings (SSSR count). The van der Waals surface area contributed by atoms with Crippen LogP contribution in [-0.2, 0) is 4.74 Å². The molecule has 2 aromatic carbocycles. The SMILES string of the molecule is NC(=O)OC(CC[N+]1(c2ccccc2)CCCCC1)c1ccc(Cl)cc1Cl. The lowest BCUT2D eigenvalue weighted by molar-refractivity contribution is 0.0899. The Bertz CT molecular complexity index is 777. The highest BCUT2D eigenvalue weighted by Crippen LogP contribution is 2.34. The van der Waals surface area contributed by atoms with Gasteiger partial charge in [0.2, 0.25) is 0 Å². The Labute approximate surface area is 170 Å². The molecule has 1 fully saturated rings. The summed E-state index contributed by atoms with van der Waals surface area (Å²) in [5.41, 5.74) is 7.37. The van der Waals surface area contributed by atoms with Crippen LogP contribution in [0.15, 0.2) is 48.5 Å². The predicted octanol–water partition coefficient (Wildman–Crippen LogP) is 5.71. The number of quaternary nitrogens is 1. The zero-order chi connectivity index (χ0) is 19.3. The van der Waals surface area contributed by atoms with Crippen LogP contribution in [0.1, 0.15) is 37.4 Å². The van der Waals surface area contributed by atoms with Gasteiger partial charge in [-0.3, -0.25) is 4.48 Å². The lowest BCUT2D eigenvalue weighted by Gasteiger charge is -2.41. The van der Waals surface area contributed by atoms with Crippen LogP contribution >= 0.6 is 23.2 Å². The largest absolute Gasteiger partial charge is 0.441 e. The lowest BCUT2D eigenvalue weighted by Crippen LogP contribution is -2.53. The van der Waals surface area contributed by atoms with E-state index in [9.17, 15) is 4.79 Å². The molecule has 6 heteroatoms. The van der Waals surface area contributed by atoms with E-state index in [2.05, 4.69) is 24.3 Å². The van der Waals surface area contributed by atoms with Gasteiger partial charge in [0.05, 0.1) is 19.6 Å².